The molecule has 2 aromatic rings. The molecule has 0 unspecified atom stereocenters. The van der Waals surface area contributed by atoms with Crippen LogP contribution in [0.2, 0.25) is 5.02 Å². The van der Waals surface area contributed by atoms with Crippen LogP contribution in [0.25, 0.3) is 5.82 Å². The van der Waals surface area contributed by atoms with Crippen LogP contribution in [-0.2, 0) is 6.54 Å². The molecule has 0 fully saturated rings. The van der Waals surface area contributed by atoms with E-state index in [1.165, 1.54) is 0 Å². The summed E-state index contributed by atoms with van der Waals surface area (Å²) in [5.74, 6) is 0.725. The first-order valence-electron chi connectivity index (χ1n) is 4.27. The molecule has 15 heavy (non-hydrogen) atoms. The van der Waals surface area contributed by atoms with Gasteiger partial charge in [0.05, 0.1) is 20.5 Å². The monoisotopic (exact) mass is 334 g/mol. The van der Waals surface area contributed by atoms with Gasteiger partial charge in [0.15, 0.2) is 5.82 Å². The Kier molecular flexibility index (Phi) is 3.22. The average molecular weight is 335 g/mol. The minimum atomic E-state index is 0.324. The number of nitrogens with two attached hydrogens (primary N) is 1. The maximum Gasteiger partial charge on any atom is 0.153 e. The van der Waals surface area contributed by atoms with Gasteiger partial charge in [0, 0.05) is 12.7 Å². The molecule has 0 saturated carbocycles. The molecule has 6 heteroatoms. The Morgan fingerprint density at radius 1 is 1.47 bits per heavy atom. The van der Waals surface area contributed by atoms with E-state index in [4.69, 9.17) is 17.3 Å². The lowest BCUT2D eigenvalue weighted by atomic mass is 10.3. The lowest BCUT2D eigenvalue weighted by Crippen LogP contribution is -2.05. The van der Waals surface area contributed by atoms with E-state index in [0.29, 0.717) is 17.3 Å². The van der Waals surface area contributed by atoms with Gasteiger partial charge in [-0.05, 0) is 34.7 Å². The zero-order chi connectivity index (χ0) is 10.8. The third-order valence-corrected chi connectivity index (χ3v) is 2.78. The zero-order valence-electron chi connectivity index (χ0n) is 7.69. The second-order valence-electron chi connectivity index (χ2n) is 2.91. The molecule has 78 valence electrons. The Balaban J connectivity index is 2.45. The van der Waals surface area contributed by atoms with Gasteiger partial charge in [-0.25, -0.2) is 9.67 Å². The predicted molar refractivity (Wildman–Crippen MR) is 67.0 cm³/mol. The first-order valence-corrected chi connectivity index (χ1v) is 5.72. The van der Waals surface area contributed by atoms with E-state index in [2.05, 4.69) is 32.7 Å². The average Bonchev–Trinajstić information content (AvgIpc) is 2.66. The molecule has 0 aliphatic rings. The first kappa shape index (κ1) is 10.8. The summed E-state index contributed by atoms with van der Waals surface area (Å²) in [6.45, 7) is 0.324. The summed E-state index contributed by atoms with van der Waals surface area (Å²) in [5, 5.41) is 4.74. The molecule has 0 amide bonds. The summed E-state index contributed by atoms with van der Waals surface area (Å²) >= 11 is 8.11. The van der Waals surface area contributed by atoms with Gasteiger partial charge < -0.3 is 5.73 Å². The van der Waals surface area contributed by atoms with Crippen LogP contribution in [0.1, 0.15) is 5.69 Å². The molecule has 0 spiro atoms. The highest BCUT2D eigenvalue weighted by atomic mass is 127. The van der Waals surface area contributed by atoms with Crippen LogP contribution in [0.3, 0.4) is 0 Å². The second kappa shape index (κ2) is 4.46. The molecule has 2 rings (SSSR count). The SMILES string of the molecule is NCc1nc(-n2cc(I)cn2)ccc1Cl. The Hall–Kier alpha value is -0.660. The molecule has 0 aliphatic carbocycles. The minimum absolute atomic E-state index is 0.324. The van der Waals surface area contributed by atoms with Crippen molar-refractivity contribution in [1.82, 2.24) is 14.8 Å². The Morgan fingerprint density at radius 2 is 2.27 bits per heavy atom. The van der Waals surface area contributed by atoms with Crippen LogP contribution in [0.15, 0.2) is 24.5 Å². The fourth-order valence-corrected chi connectivity index (χ4v) is 1.74. The highest BCUT2D eigenvalue weighted by Crippen LogP contribution is 2.16. The zero-order valence-corrected chi connectivity index (χ0v) is 10.6. The molecule has 2 aromatic heterocycles. The van der Waals surface area contributed by atoms with Crippen molar-refractivity contribution >= 4 is 34.2 Å². The fraction of sp³-hybridized carbons (Fsp3) is 0.111. The summed E-state index contributed by atoms with van der Waals surface area (Å²) < 4.78 is 2.75. The van der Waals surface area contributed by atoms with Gasteiger partial charge >= 0.3 is 0 Å². The molecular weight excluding hydrogens is 326 g/mol. The summed E-state index contributed by atoms with van der Waals surface area (Å²) in [5.41, 5.74) is 6.20. The van der Waals surface area contributed by atoms with Crippen LogP contribution in [0, 0.1) is 3.57 Å². The summed E-state index contributed by atoms with van der Waals surface area (Å²) in [7, 11) is 0. The minimum Gasteiger partial charge on any atom is -0.325 e. The lowest BCUT2D eigenvalue weighted by Gasteiger charge is -2.04. The summed E-state index contributed by atoms with van der Waals surface area (Å²) in [6, 6.07) is 3.59. The molecule has 0 saturated heterocycles. The Morgan fingerprint density at radius 3 is 2.87 bits per heavy atom. The number of nitrogens with zero attached hydrogens (tertiary/aromatic N) is 3. The van der Waals surface area contributed by atoms with Crippen LogP contribution in [-0.4, -0.2) is 14.8 Å². The van der Waals surface area contributed by atoms with Gasteiger partial charge in [-0.3, -0.25) is 0 Å². The molecule has 0 aliphatic heterocycles. The van der Waals surface area contributed by atoms with Crippen molar-refractivity contribution in [3.05, 3.63) is 38.8 Å². The molecule has 0 aromatic carbocycles. The molecule has 2 N–H and O–H groups in total. The number of rotatable bonds is 2. The molecule has 0 atom stereocenters. The van der Waals surface area contributed by atoms with Crippen LogP contribution >= 0.6 is 34.2 Å². The van der Waals surface area contributed by atoms with Crippen molar-refractivity contribution in [2.45, 2.75) is 6.54 Å². The van der Waals surface area contributed by atoms with Gasteiger partial charge in [-0.1, -0.05) is 11.6 Å². The first-order chi connectivity index (χ1) is 7.20. The molecule has 4 nitrogen and oxygen atoms in total. The highest BCUT2D eigenvalue weighted by Gasteiger charge is 2.04. The van der Waals surface area contributed by atoms with Crippen LogP contribution in [0.5, 0.6) is 0 Å². The Labute approximate surface area is 106 Å². The van der Waals surface area contributed by atoms with E-state index in [0.717, 1.165) is 9.39 Å². The number of hydrogen-bond donors (Lipinski definition) is 1. The smallest absolute Gasteiger partial charge is 0.153 e. The second-order valence-corrected chi connectivity index (χ2v) is 4.56. The Bertz CT molecular complexity index is 483. The summed E-state index contributed by atoms with van der Waals surface area (Å²) in [4.78, 5) is 4.31. The third kappa shape index (κ3) is 2.30. The van der Waals surface area contributed by atoms with Crippen molar-refractivity contribution < 1.29 is 0 Å². The van der Waals surface area contributed by atoms with Gasteiger partial charge in [0.25, 0.3) is 0 Å². The maximum absolute atomic E-state index is 5.92. The van der Waals surface area contributed by atoms with Gasteiger partial charge in [-0.15, -0.1) is 0 Å². The predicted octanol–water partition coefficient (Wildman–Crippen LogP) is 1.98. The van der Waals surface area contributed by atoms with Crippen molar-refractivity contribution in [3.8, 4) is 5.82 Å². The normalized spacial score (nSPS) is 10.6. The van der Waals surface area contributed by atoms with Crippen molar-refractivity contribution in [1.29, 1.82) is 0 Å². The molecular formula is C9H8ClIN4. The number of aromatic nitrogens is 3. The van der Waals surface area contributed by atoms with E-state index in [1.54, 1.807) is 16.9 Å². The van der Waals surface area contributed by atoms with Gasteiger partial charge in [0.2, 0.25) is 0 Å². The van der Waals surface area contributed by atoms with E-state index in [1.807, 2.05) is 12.3 Å². The van der Waals surface area contributed by atoms with Crippen molar-refractivity contribution in [2.24, 2.45) is 5.73 Å². The highest BCUT2D eigenvalue weighted by molar-refractivity contribution is 14.1. The quantitative estimate of drug-likeness (QED) is 0.855. The van der Waals surface area contributed by atoms with Crippen molar-refractivity contribution in [2.75, 3.05) is 0 Å². The van der Waals surface area contributed by atoms with E-state index < -0.39 is 0 Å². The number of hydrogen-bond acceptors (Lipinski definition) is 3. The molecule has 0 bridgehead atoms. The van der Waals surface area contributed by atoms with Gasteiger partial charge in [0.1, 0.15) is 0 Å². The third-order valence-electron chi connectivity index (χ3n) is 1.88. The summed E-state index contributed by atoms with van der Waals surface area (Å²) in [6.07, 6.45) is 3.65. The largest absolute Gasteiger partial charge is 0.325 e. The number of pyridine rings is 1. The van der Waals surface area contributed by atoms with Crippen LogP contribution < -0.4 is 5.73 Å². The van der Waals surface area contributed by atoms with Crippen molar-refractivity contribution in [3.63, 3.8) is 0 Å². The topological polar surface area (TPSA) is 56.7 Å². The standard InChI is InChI=1S/C9H8ClIN4/c10-7-1-2-9(14-8(7)3-12)15-5-6(11)4-13-15/h1-2,4-5H,3,12H2. The van der Waals surface area contributed by atoms with E-state index in [-0.39, 0.29) is 0 Å². The van der Waals surface area contributed by atoms with Crippen LogP contribution in [0.4, 0.5) is 0 Å². The maximum atomic E-state index is 5.92. The lowest BCUT2D eigenvalue weighted by molar-refractivity contribution is 0.829. The number of halogens is 2. The molecule has 2 heterocycles. The molecule has 0 radical (unpaired) electrons. The van der Waals surface area contributed by atoms with Gasteiger partial charge in [-0.2, -0.15) is 5.10 Å². The van der Waals surface area contributed by atoms with E-state index in [9.17, 15) is 0 Å². The van der Waals surface area contributed by atoms with E-state index >= 15 is 0 Å². The fourth-order valence-electron chi connectivity index (χ4n) is 1.17.